The number of aliphatic hydroxyl groups is 2. The summed E-state index contributed by atoms with van der Waals surface area (Å²) in [5, 5.41) is 27.2. The highest BCUT2D eigenvalue weighted by molar-refractivity contribution is 6.25. The second-order valence-electron chi connectivity index (χ2n) is 9.90. The Kier molecular flexibility index (Phi) is 9.04. The second kappa shape index (κ2) is 13.2. The molecule has 4 N–H and O–H groups in total. The number of para-hydroxylation sites is 2. The summed E-state index contributed by atoms with van der Waals surface area (Å²) in [5.41, 5.74) is 5.16. The van der Waals surface area contributed by atoms with Gasteiger partial charge in [-0.3, -0.25) is 4.79 Å². The molecule has 4 aromatic rings. The van der Waals surface area contributed by atoms with Gasteiger partial charge in [0.05, 0.1) is 17.7 Å². The molecule has 0 unspecified atom stereocenters. The fourth-order valence-electron chi connectivity index (χ4n) is 5.00. The maximum absolute atomic E-state index is 13.9. The lowest BCUT2D eigenvalue weighted by atomic mass is 9.98. The van der Waals surface area contributed by atoms with Crippen LogP contribution < -0.4 is 15.4 Å². The van der Waals surface area contributed by atoms with Crippen molar-refractivity contribution >= 4 is 17.6 Å². The molecule has 5 rings (SSSR count). The van der Waals surface area contributed by atoms with Crippen molar-refractivity contribution in [3.05, 3.63) is 131 Å². The molecule has 6 nitrogen and oxygen atoms in total. The number of rotatable bonds is 11. The van der Waals surface area contributed by atoms with E-state index in [4.69, 9.17) is 4.74 Å². The van der Waals surface area contributed by atoms with E-state index in [9.17, 15) is 15.0 Å². The van der Waals surface area contributed by atoms with Gasteiger partial charge < -0.3 is 25.6 Å². The van der Waals surface area contributed by atoms with Crippen LogP contribution in [-0.4, -0.2) is 41.4 Å². The van der Waals surface area contributed by atoms with Gasteiger partial charge in [-0.25, -0.2) is 0 Å². The molecular weight excluding hydrogens is 500 g/mol. The van der Waals surface area contributed by atoms with Gasteiger partial charge in [-0.2, -0.15) is 0 Å². The van der Waals surface area contributed by atoms with Crippen LogP contribution in [0.25, 0.3) is 11.6 Å². The van der Waals surface area contributed by atoms with Gasteiger partial charge in [0.1, 0.15) is 11.5 Å². The van der Waals surface area contributed by atoms with Crippen LogP contribution in [0.2, 0.25) is 0 Å². The first-order valence-electron chi connectivity index (χ1n) is 13.6. The fraction of sp³-hybridized carbons (Fsp3) is 0.206. The number of ether oxygens (including phenoxy) is 1. The van der Waals surface area contributed by atoms with E-state index in [1.54, 1.807) is 0 Å². The Morgan fingerprint density at radius 1 is 0.800 bits per heavy atom. The standard InChI is InChI=1S/C34H34N2O4/c37-19-18-25-12-4-5-14-27(25)22-35-23-31(38)30(20-24-10-2-1-3-11-24)36-34(39)29-21-26-13-6-8-16-32(26)40-33-17-9-7-15-28(29)33/h1-17,21,30-31,35,37-38H,18-20,22-23H2,(H,36,39)/t30-,31+/m0/s1. The molecule has 2 atom stereocenters. The van der Waals surface area contributed by atoms with Crippen LogP contribution >= 0.6 is 0 Å². The molecular formula is C34H34N2O4. The Morgan fingerprint density at radius 2 is 1.48 bits per heavy atom. The fourth-order valence-corrected chi connectivity index (χ4v) is 5.00. The zero-order chi connectivity index (χ0) is 27.7. The molecule has 1 aliphatic heterocycles. The zero-order valence-corrected chi connectivity index (χ0v) is 22.3. The van der Waals surface area contributed by atoms with E-state index in [1.165, 1.54) is 0 Å². The highest BCUT2D eigenvalue weighted by Gasteiger charge is 2.26. The molecule has 1 amide bonds. The first-order valence-corrected chi connectivity index (χ1v) is 13.6. The lowest BCUT2D eigenvalue weighted by molar-refractivity contribution is -0.117. The van der Waals surface area contributed by atoms with Crippen LogP contribution in [0.1, 0.15) is 27.8 Å². The van der Waals surface area contributed by atoms with Gasteiger partial charge in [0, 0.05) is 30.8 Å². The molecule has 0 fully saturated rings. The molecule has 0 saturated heterocycles. The van der Waals surface area contributed by atoms with E-state index in [0.29, 0.717) is 42.0 Å². The van der Waals surface area contributed by atoms with E-state index in [-0.39, 0.29) is 19.1 Å². The highest BCUT2D eigenvalue weighted by Crippen LogP contribution is 2.37. The average Bonchev–Trinajstić information content (AvgIpc) is 3.15. The summed E-state index contributed by atoms with van der Waals surface area (Å²) < 4.78 is 6.15. The van der Waals surface area contributed by atoms with E-state index in [1.807, 2.05) is 109 Å². The highest BCUT2D eigenvalue weighted by atomic mass is 16.5. The van der Waals surface area contributed by atoms with Gasteiger partial charge in [-0.05, 0) is 47.7 Å². The summed E-state index contributed by atoms with van der Waals surface area (Å²) in [6.45, 7) is 0.915. The predicted octanol–water partition coefficient (Wildman–Crippen LogP) is 4.75. The van der Waals surface area contributed by atoms with Crippen molar-refractivity contribution in [1.29, 1.82) is 0 Å². The topological polar surface area (TPSA) is 90.8 Å². The van der Waals surface area contributed by atoms with Crippen molar-refractivity contribution in [2.24, 2.45) is 0 Å². The van der Waals surface area contributed by atoms with Crippen molar-refractivity contribution in [3.63, 3.8) is 0 Å². The first kappa shape index (κ1) is 27.3. The molecule has 40 heavy (non-hydrogen) atoms. The van der Waals surface area contributed by atoms with Crippen LogP contribution in [0.5, 0.6) is 11.5 Å². The maximum Gasteiger partial charge on any atom is 0.252 e. The Hall–Kier alpha value is -4.23. The van der Waals surface area contributed by atoms with E-state index < -0.39 is 12.1 Å². The van der Waals surface area contributed by atoms with Gasteiger partial charge in [0.25, 0.3) is 5.91 Å². The molecule has 0 bridgehead atoms. The third-order valence-corrected chi connectivity index (χ3v) is 7.11. The number of carbonyl (C=O) groups excluding carboxylic acids is 1. The SMILES string of the molecule is O=C(N[C@@H](Cc1ccccc1)[C@H](O)CNCc1ccccc1CCO)C1=Cc2ccccc2Oc2ccccc21. The maximum atomic E-state index is 13.9. The molecule has 0 saturated carbocycles. The summed E-state index contributed by atoms with van der Waals surface area (Å²) in [5.74, 6) is 1.02. The van der Waals surface area contributed by atoms with Crippen molar-refractivity contribution in [2.45, 2.75) is 31.5 Å². The lowest BCUT2D eigenvalue weighted by Gasteiger charge is -2.26. The third kappa shape index (κ3) is 6.66. The third-order valence-electron chi connectivity index (χ3n) is 7.11. The number of benzene rings is 4. The number of hydrogen-bond donors (Lipinski definition) is 4. The summed E-state index contributed by atoms with van der Waals surface area (Å²) in [4.78, 5) is 13.9. The van der Waals surface area contributed by atoms with E-state index in [0.717, 1.165) is 22.3 Å². The van der Waals surface area contributed by atoms with Crippen LogP contribution in [-0.2, 0) is 24.2 Å². The van der Waals surface area contributed by atoms with Crippen LogP contribution in [0.3, 0.4) is 0 Å². The van der Waals surface area contributed by atoms with Gasteiger partial charge in [-0.15, -0.1) is 0 Å². The molecule has 0 aliphatic carbocycles. The molecule has 4 aromatic carbocycles. The van der Waals surface area contributed by atoms with Gasteiger partial charge in [-0.1, -0.05) is 91.0 Å². The normalized spacial score (nSPS) is 13.6. The summed E-state index contributed by atoms with van der Waals surface area (Å²) >= 11 is 0. The number of amides is 1. The second-order valence-corrected chi connectivity index (χ2v) is 9.90. The predicted molar refractivity (Wildman–Crippen MR) is 158 cm³/mol. The van der Waals surface area contributed by atoms with Crippen LogP contribution in [0, 0.1) is 0 Å². The Morgan fingerprint density at radius 3 is 2.27 bits per heavy atom. The summed E-state index contributed by atoms with van der Waals surface area (Å²) in [6, 6.07) is 32.4. The van der Waals surface area contributed by atoms with Gasteiger partial charge in [0.15, 0.2) is 0 Å². The van der Waals surface area contributed by atoms with Crippen molar-refractivity contribution in [2.75, 3.05) is 13.2 Å². The first-order chi connectivity index (χ1) is 19.6. The molecule has 0 radical (unpaired) electrons. The molecule has 0 spiro atoms. The molecule has 1 aliphatic rings. The number of nitrogens with one attached hydrogen (secondary N) is 2. The minimum absolute atomic E-state index is 0.0827. The molecule has 0 aromatic heterocycles. The average molecular weight is 535 g/mol. The minimum atomic E-state index is -0.848. The lowest BCUT2D eigenvalue weighted by Crippen LogP contribution is -2.48. The minimum Gasteiger partial charge on any atom is -0.456 e. The quantitative estimate of drug-likeness (QED) is 0.223. The van der Waals surface area contributed by atoms with E-state index in [2.05, 4.69) is 10.6 Å². The Balaban J connectivity index is 1.36. The summed E-state index contributed by atoms with van der Waals surface area (Å²) in [6.07, 6.45) is 2.05. The van der Waals surface area contributed by atoms with Gasteiger partial charge >= 0.3 is 0 Å². The monoisotopic (exact) mass is 534 g/mol. The van der Waals surface area contributed by atoms with Crippen molar-refractivity contribution in [3.8, 4) is 11.5 Å². The van der Waals surface area contributed by atoms with Gasteiger partial charge in [0.2, 0.25) is 0 Å². The van der Waals surface area contributed by atoms with Crippen molar-refractivity contribution in [1.82, 2.24) is 10.6 Å². The van der Waals surface area contributed by atoms with Crippen LogP contribution in [0.15, 0.2) is 103 Å². The van der Waals surface area contributed by atoms with E-state index >= 15 is 0 Å². The molecule has 1 heterocycles. The Labute approximate surface area is 235 Å². The number of fused-ring (bicyclic) bond motifs is 2. The van der Waals surface area contributed by atoms with Crippen molar-refractivity contribution < 1.29 is 19.7 Å². The number of hydrogen-bond acceptors (Lipinski definition) is 5. The number of aliphatic hydroxyl groups excluding tert-OH is 2. The van der Waals surface area contributed by atoms with Crippen LogP contribution in [0.4, 0.5) is 0 Å². The molecule has 6 heteroatoms. The smallest absolute Gasteiger partial charge is 0.252 e. The zero-order valence-electron chi connectivity index (χ0n) is 22.3. The largest absolute Gasteiger partial charge is 0.456 e. The number of carbonyl (C=O) groups is 1. The molecule has 204 valence electrons. The Bertz CT molecular complexity index is 1470. The summed E-state index contributed by atoms with van der Waals surface area (Å²) in [7, 11) is 0.